The Morgan fingerprint density at radius 3 is 2.56 bits per heavy atom. The maximum Gasteiger partial charge on any atom is 0.228 e. The van der Waals surface area contributed by atoms with Crippen molar-refractivity contribution < 1.29 is 0 Å². The van der Waals surface area contributed by atoms with Crippen LogP contribution in [0.4, 0.5) is 5.95 Å². The highest BCUT2D eigenvalue weighted by molar-refractivity contribution is 7.96. The average Bonchev–Trinajstić information content (AvgIpc) is 2.28. The highest BCUT2D eigenvalue weighted by Gasteiger charge is 2.26. The Labute approximate surface area is 122 Å². The van der Waals surface area contributed by atoms with Crippen LogP contribution in [0.1, 0.15) is 13.8 Å². The molecule has 0 N–H and O–H groups in total. The maximum atomic E-state index is 5.92. The number of halogens is 2. The monoisotopic (exact) mass is 306 g/mol. The van der Waals surface area contributed by atoms with E-state index in [9.17, 15) is 0 Å². The number of hydrogen-bond donors (Lipinski definition) is 0. The van der Waals surface area contributed by atoms with Crippen molar-refractivity contribution in [1.82, 2.24) is 14.3 Å². The molecule has 0 bridgehead atoms. The fourth-order valence-electron chi connectivity index (χ4n) is 2.03. The standard InChI is InChI=1S/C11H16Cl2N4S/c1-3-18-16-4-5-17(8(2)7-16)11-14-9(12)6-10(13)15-11/h6,8H,3-5,7H2,1-2H3. The average molecular weight is 307 g/mol. The van der Waals surface area contributed by atoms with Crippen molar-refractivity contribution in [2.75, 3.05) is 30.3 Å². The summed E-state index contributed by atoms with van der Waals surface area (Å²) in [5, 5.41) is 0.783. The number of nitrogens with zero attached hydrogens (tertiary/aromatic N) is 4. The lowest BCUT2D eigenvalue weighted by Crippen LogP contribution is -2.50. The third-order valence-electron chi connectivity index (χ3n) is 2.81. The Balaban J connectivity index is 2.10. The van der Waals surface area contributed by atoms with E-state index in [4.69, 9.17) is 23.2 Å². The molecule has 1 saturated heterocycles. The van der Waals surface area contributed by atoms with E-state index >= 15 is 0 Å². The lowest BCUT2D eigenvalue weighted by molar-refractivity contribution is 0.370. The minimum atomic E-state index is 0.354. The van der Waals surface area contributed by atoms with Gasteiger partial charge in [-0.05, 0) is 6.92 Å². The first-order chi connectivity index (χ1) is 8.60. The number of anilines is 1. The fraction of sp³-hybridized carbons (Fsp3) is 0.636. The highest BCUT2D eigenvalue weighted by atomic mass is 35.5. The van der Waals surface area contributed by atoms with E-state index in [0.29, 0.717) is 22.3 Å². The van der Waals surface area contributed by atoms with Gasteiger partial charge in [-0.15, -0.1) is 0 Å². The molecule has 100 valence electrons. The van der Waals surface area contributed by atoms with Gasteiger partial charge in [0.15, 0.2) is 0 Å². The van der Waals surface area contributed by atoms with Gasteiger partial charge in [-0.1, -0.05) is 42.1 Å². The Kier molecular flexibility index (Phi) is 4.95. The Morgan fingerprint density at radius 1 is 1.33 bits per heavy atom. The molecular weight excluding hydrogens is 291 g/mol. The second-order valence-electron chi connectivity index (χ2n) is 4.16. The molecule has 1 aliphatic rings. The molecule has 1 aromatic rings. The van der Waals surface area contributed by atoms with Gasteiger partial charge in [-0.2, -0.15) is 0 Å². The molecule has 0 spiro atoms. The van der Waals surface area contributed by atoms with Crippen LogP contribution in [-0.4, -0.2) is 45.7 Å². The molecule has 1 aromatic heterocycles. The lowest BCUT2D eigenvalue weighted by Gasteiger charge is -2.39. The molecule has 2 rings (SSSR count). The molecule has 2 heterocycles. The number of aromatic nitrogens is 2. The van der Waals surface area contributed by atoms with Crippen molar-refractivity contribution in [3.8, 4) is 0 Å². The van der Waals surface area contributed by atoms with Gasteiger partial charge in [-0.25, -0.2) is 14.3 Å². The molecule has 0 radical (unpaired) electrons. The van der Waals surface area contributed by atoms with Crippen molar-refractivity contribution in [2.45, 2.75) is 19.9 Å². The summed E-state index contributed by atoms with van der Waals surface area (Å²) in [5.74, 6) is 1.73. The van der Waals surface area contributed by atoms with E-state index in [0.717, 1.165) is 25.4 Å². The summed E-state index contributed by atoms with van der Waals surface area (Å²) in [6.07, 6.45) is 0. The van der Waals surface area contributed by atoms with Gasteiger partial charge in [0.25, 0.3) is 0 Å². The van der Waals surface area contributed by atoms with Gasteiger partial charge < -0.3 is 4.90 Å². The summed E-state index contributed by atoms with van der Waals surface area (Å²) in [6.45, 7) is 7.22. The van der Waals surface area contributed by atoms with E-state index in [1.165, 1.54) is 0 Å². The van der Waals surface area contributed by atoms with Crippen LogP contribution < -0.4 is 4.90 Å². The van der Waals surface area contributed by atoms with E-state index in [1.807, 2.05) is 11.9 Å². The van der Waals surface area contributed by atoms with Crippen LogP contribution in [0.2, 0.25) is 10.3 Å². The summed E-state index contributed by atoms with van der Waals surface area (Å²) in [7, 11) is 0. The van der Waals surface area contributed by atoms with Crippen LogP contribution in [0.3, 0.4) is 0 Å². The molecule has 0 amide bonds. The number of piperazine rings is 1. The van der Waals surface area contributed by atoms with E-state index in [-0.39, 0.29) is 0 Å². The van der Waals surface area contributed by atoms with Crippen LogP contribution in [0.15, 0.2) is 6.07 Å². The van der Waals surface area contributed by atoms with Crippen molar-refractivity contribution in [3.63, 3.8) is 0 Å². The first-order valence-electron chi connectivity index (χ1n) is 5.94. The quantitative estimate of drug-likeness (QED) is 0.633. The van der Waals surface area contributed by atoms with Gasteiger partial charge in [0.05, 0.1) is 0 Å². The predicted octanol–water partition coefficient (Wildman–Crippen LogP) is 2.96. The molecule has 1 atom stereocenters. The largest absolute Gasteiger partial charge is 0.335 e. The van der Waals surface area contributed by atoms with Gasteiger partial charge in [0, 0.05) is 37.5 Å². The van der Waals surface area contributed by atoms with E-state index in [2.05, 4.69) is 33.0 Å². The van der Waals surface area contributed by atoms with Crippen LogP contribution in [0.5, 0.6) is 0 Å². The van der Waals surface area contributed by atoms with Crippen LogP contribution in [0, 0.1) is 0 Å². The van der Waals surface area contributed by atoms with E-state index < -0.39 is 0 Å². The molecule has 0 saturated carbocycles. The third-order valence-corrected chi connectivity index (χ3v) is 4.15. The zero-order valence-electron chi connectivity index (χ0n) is 10.4. The second kappa shape index (κ2) is 6.28. The molecule has 1 aliphatic heterocycles. The van der Waals surface area contributed by atoms with Crippen molar-refractivity contribution in [2.24, 2.45) is 0 Å². The highest BCUT2D eigenvalue weighted by Crippen LogP contribution is 2.23. The first kappa shape index (κ1) is 14.2. The molecule has 0 aliphatic carbocycles. The molecule has 7 heteroatoms. The fourth-order valence-corrected chi connectivity index (χ4v) is 3.34. The molecule has 1 unspecified atom stereocenters. The van der Waals surface area contributed by atoms with Gasteiger partial charge in [0.2, 0.25) is 5.95 Å². The topological polar surface area (TPSA) is 32.3 Å². The summed E-state index contributed by atoms with van der Waals surface area (Å²) in [5.41, 5.74) is 0. The number of hydrogen-bond acceptors (Lipinski definition) is 5. The normalized spacial score (nSPS) is 21.3. The summed E-state index contributed by atoms with van der Waals surface area (Å²) in [6, 6.07) is 1.91. The molecule has 0 aromatic carbocycles. The molecule has 18 heavy (non-hydrogen) atoms. The molecule has 1 fully saturated rings. The van der Waals surface area contributed by atoms with Gasteiger partial charge in [-0.3, -0.25) is 0 Å². The van der Waals surface area contributed by atoms with Crippen molar-refractivity contribution in [1.29, 1.82) is 0 Å². The first-order valence-corrected chi connectivity index (χ1v) is 7.64. The Hall–Kier alpha value is -0.230. The summed E-state index contributed by atoms with van der Waals surface area (Å²) < 4.78 is 2.38. The zero-order chi connectivity index (χ0) is 13.1. The molecular formula is C11H16Cl2N4S. The summed E-state index contributed by atoms with van der Waals surface area (Å²) in [4.78, 5) is 10.7. The zero-order valence-corrected chi connectivity index (χ0v) is 12.8. The Bertz CT molecular complexity index is 398. The minimum Gasteiger partial charge on any atom is -0.335 e. The minimum absolute atomic E-state index is 0.354. The summed E-state index contributed by atoms with van der Waals surface area (Å²) >= 11 is 13.7. The SMILES string of the molecule is CCSN1CCN(c2nc(Cl)cc(Cl)n2)C(C)C1. The van der Waals surface area contributed by atoms with Gasteiger partial charge in [0.1, 0.15) is 10.3 Å². The van der Waals surface area contributed by atoms with E-state index in [1.54, 1.807) is 6.07 Å². The van der Waals surface area contributed by atoms with Crippen LogP contribution >= 0.6 is 35.1 Å². The second-order valence-corrected chi connectivity index (χ2v) is 6.29. The lowest BCUT2D eigenvalue weighted by atomic mass is 10.2. The Morgan fingerprint density at radius 2 is 2.00 bits per heavy atom. The van der Waals surface area contributed by atoms with Crippen molar-refractivity contribution >= 4 is 41.1 Å². The van der Waals surface area contributed by atoms with Crippen LogP contribution in [-0.2, 0) is 0 Å². The maximum absolute atomic E-state index is 5.92. The molecule has 4 nitrogen and oxygen atoms in total. The number of rotatable bonds is 3. The van der Waals surface area contributed by atoms with Crippen molar-refractivity contribution in [3.05, 3.63) is 16.4 Å². The predicted molar refractivity (Wildman–Crippen MR) is 78.6 cm³/mol. The smallest absolute Gasteiger partial charge is 0.228 e. The third kappa shape index (κ3) is 3.41. The van der Waals surface area contributed by atoms with Gasteiger partial charge >= 0.3 is 0 Å². The van der Waals surface area contributed by atoms with Crippen LogP contribution in [0.25, 0.3) is 0 Å².